The molecule has 4 rings (SSSR count). The summed E-state index contributed by atoms with van der Waals surface area (Å²) in [7, 11) is 0. The number of oxazole rings is 1. The molecule has 0 aromatic carbocycles. The van der Waals surface area contributed by atoms with Gasteiger partial charge in [0.1, 0.15) is 17.8 Å². The van der Waals surface area contributed by atoms with Gasteiger partial charge in [0.2, 0.25) is 5.95 Å². The largest absolute Gasteiger partial charge is 0.448 e. The lowest BCUT2D eigenvalue weighted by Crippen LogP contribution is -2.39. The van der Waals surface area contributed by atoms with Crippen molar-refractivity contribution in [1.29, 1.82) is 0 Å². The summed E-state index contributed by atoms with van der Waals surface area (Å²) in [6.07, 6.45) is 5.61. The molecule has 1 unspecified atom stereocenters. The standard InChI is InChI=1S/C18H16F2N4O2/c19-13-6-14(21-8-13)15-10-26-17(23-15)12-2-1-5-24(9-12)18(25)11-3-4-16(20)22-7-11/h3-4,6-8,10,12,21H,1-2,5,9H2. The third kappa shape index (κ3) is 3.22. The molecule has 1 saturated heterocycles. The molecule has 0 radical (unpaired) electrons. The Labute approximate surface area is 147 Å². The normalized spacial score (nSPS) is 17.5. The zero-order valence-corrected chi connectivity index (χ0v) is 13.8. The molecule has 1 N–H and O–H groups in total. The highest BCUT2D eigenvalue weighted by atomic mass is 19.1. The van der Waals surface area contributed by atoms with Crippen LogP contribution < -0.4 is 0 Å². The van der Waals surface area contributed by atoms with Crippen LogP contribution in [0.25, 0.3) is 11.4 Å². The number of nitrogens with one attached hydrogen (secondary N) is 1. The van der Waals surface area contributed by atoms with Crippen molar-refractivity contribution in [3.63, 3.8) is 0 Å². The number of pyridine rings is 1. The number of hydrogen-bond donors (Lipinski definition) is 1. The third-order valence-corrected chi connectivity index (χ3v) is 4.48. The maximum absolute atomic E-state index is 13.1. The van der Waals surface area contributed by atoms with Gasteiger partial charge in [0.25, 0.3) is 5.91 Å². The van der Waals surface area contributed by atoms with Crippen molar-refractivity contribution in [2.24, 2.45) is 0 Å². The van der Waals surface area contributed by atoms with Gasteiger partial charge in [-0.05, 0) is 25.0 Å². The van der Waals surface area contributed by atoms with Crippen LogP contribution in [0.15, 0.2) is 41.3 Å². The van der Waals surface area contributed by atoms with Crippen LogP contribution in [0, 0.1) is 11.8 Å². The number of aromatic nitrogens is 3. The van der Waals surface area contributed by atoms with Gasteiger partial charge in [0, 0.05) is 31.5 Å². The molecular weight excluding hydrogens is 342 g/mol. The zero-order chi connectivity index (χ0) is 18.1. The molecule has 6 nitrogen and oxygen atoms in total. The Hall–Kier alpha value is -3.03. The van der Waals surface area contributed by atoms with Crippen LogP contribution in [0.5, 0.6) is 0 Å². The molecule has 3 aromatic heterocycles. The second-order valence-electron chi connectivity index (χ2n) is 6.26. The number of likely N-dealkylation sites (tertiary alicyclic amines) is 1. The summed E-state index contributed by atoms with van der Waals surface area (Å²) in [5.41, 5.74) is 1.41. The quantitative estimate of drug-likeness (QED) is 0.729. The van der Waals surface area contributed by atoms with E-state index in [0.29, 0.717) is 35.9 Å². The summed E-state index contributed by atoms with van der Waals surface area (Å²) in [6, 6.07) is 3.95. The van der Waals surface area contributed by atoms with Crippen LogP contribution in [0.4, 0.5) is 8.78 Å². The number of piperidine rings is 1. The first kappa shape index (κ1) is 16.4. The van der Waals surface area contributed by atoms with Gasteiger partial charge < -0.3 is 14.3 Å². The van der Waals surface area contributed by atoms with Gasteiger partial charge in [-0.2, -0.15) is 4.39 Å². The summed E-state index contributed by atoms with van der Waals surface area (Å²) in [6.45, 7) is 1.07. The number of carbonyl (C=O) groups is 1. The van der Waals surface area contributed by atoms with E-state index >= 15 is 0 Å². The fourth-order valence-corrected chi connectivity index (χ4v) is 3.16. The zero-order valence-electron chi connectivity index (χ0n) is 13.8. The predicted octanol–water partition coefficient (Wildman–Crippen LogP) is 3.36. The van der Waals surface area contributed by atoms with Gasteiger partial charge in [-0.15, -0.1) is 0 Å². The van der Waals surface area contributed by atoms with Crippen LogP contribution in [-0.2, 0) is 0 Å². The number of hydrogen-bond acceptors (Lipinski definition) is 4. The van der Waals surface area contributed by atoms with Crippen LogP contribution in [0.1, 0.15) is 35.0 Å². The molecule has 8 heteroatoms. The summed E-state index contributed by atoms with van der Waals surface area (Å²) < 4.78 is 31.6. The number of amides is 1. The number of H-pyrrole nitrogens is 1. The minimum absolute atomic E-state index is 0.0466. The molecule has 0 bridgehead atoms. The smallest absolute Gasteiger partial charge is 0.255 e. The average Bonchev–Trinajstić information content (AvgIpc) is 3.31. The van der Waals surface area contributed by atoms with E-state index in [1.54, 1.807) is 4.90 Å². The van der Waals surface area contributed by atoms with E-state index in [1.807, 2.05) is 0 Å². The van der Waals surface area contributed by atoms with E-state index in [4.69, 9.17) is 4.42 Å². The number of rotatable bonds is 3. The summed E-state index contributed by atoms with van der Waals surface area (Å²) in [5.74, 6) is -0.710. The van der Waals surface area contributed by atoms with Crippen LogP contribution in [0.2, 0.25) is 0 Å². The highest BCUT2D eigenvalue weighted by molar-refractivity contribution is 5.94. The molecule has 1 aliphatic heterocycles. The Bertz CT molecular complexity index is 919. The maximum atomic E-state index is 13.1. The number of nitrogens with zero attached hydrogens (tertiary/aromatic N) is 3. The van der Waals surface area contributed by atoms with E-state index in [2.05, 4.69) is 15.0 Å². The van der Waals surface area contributed by atoms with Gasteiger partial charge >= 0.3 is 0 Å². The molecule has 1 atom stereocenters. The van der Waals surface area contributed by atoms with Crippen molar-refractivity contribution < 1.29 is 18.0 Å². The van der Waals surface area contributed by atoms with E-state index in [1.165, 1.54) is 36.9 Å². The third-order valence-electron chi connectivity index (χ3n) is 4.48. The second-order valence-corrected chi connectivity index (χ2v) is 6.26. The minimum atomic E-state index is -0.619. The number of aromatic amines is 1. The molecule has 4 heterocycles. The molecule has 26 heavy (non-hydrogen) atoms. The van der Waals surface area contributed by atoms with Crippen LogP contribution >= 0.6 is 0 Å². The van der Waals surface area contributed by atoms with Crippen LogP contribution in [-0.4, -0.2) is 38.8 Å². The topological polar surface area (TPSA) is 75.0 Å². The summed E-state index contributed by atoms with van der Waals surface area (Å²) in [4.78, 5) is 25.0. The highest BCUT2D eigenvalue weighted by Crippen LogP contribution is 2.29. The van der Waals surface area contributed by atoms with Gasteiger partial charge in [-0.1, -0.05) is 0 Å². The molecular formula is C18H16F2N4O2. The van der Waals surface area contributed by atoms with E-state index < -0.39 is 5.95 Å². The molecule has 3 aromatic rings. The van der Waals surface area contributed by atoms with Crippen molar-refractivity contribution in [1.82, 2.24) is 19.9 Å². The van der Waals surface area contributed by atoms with Gasteiger partial charge in [-0.3, -0.25) is 4.79 Å². The Morgan fingerprint density at radius 3 is 2.96 bits per heavy atom. The lowest BCUT2D eigenvalue weighted by molar-refractivity contribution is 0.0697. The molecule has 0 aliphatic carbocycles. The first-order valence-electron chi connectivity index (χ1n) is 8.30. The minimum Gasteiger partial charge on any atom is -0.448 e. The fourth-order valence-electron chi connectivity index (χ4n) is 3.16. The first-order chi connectivity index (χ1) is 12.6. The SMILES string of the molecule is O=C(c1ccc(F)nc1)N1CCCC(c2nc(-c3cc(F)c[nH]3)co2)C1. The Morgan fingerprint density at radius 1 is 1.35 bits per heavy atom. The van der Waals surface area contributed by atoms with E-state index in [-0.39, 0.29) is 17.6 Å². The molecule has 1 amide bonds. The Kier molecular flexibility index (Phi) is 4.24. The molecule has 0 spiro atoms. The highest BCUT2D eigenvalue weighted by Gasteiger charge is 2.28. The van der Waals surface area contributed by atoms with Crippen molar-refractivity contribution in [2.75, 3.05) is 13.1 Å². The predicted molar refractivity (Wildman–Crippen MR) is 88.3 cm³/mol. The molecule has 0 saturated carbocycles. The Balaban J connectivity index is 1.49. The van der Waals surface area contributed by atoms with Crippen molar-refractivity contribution in [2.45, 2.75) is 18.8 Å². The first-order valence-corrected chi connectivity index (χ1v) is 8.30. The van der Waals surface area contributed by atoms with Crippen molar-refractivity contribution in [3.05, 3.63) is 60.1 Å². The summed E-state index contributed by atoms with van der Waals surface area (Å²) >= 11 is 0. The van der Waals surface area contributed by atoms with Crippen LogP contribution in [0.3, 0.4) is 0 Å². The maximum Gasteiger partial charge on any atom is 0.255 e. The molecule has 1 fully saturated rings. The van der Waals surface area contributed by atoms with Gasteiger partial charge in [0.15, 0.2) is 5.89 Å². The van der Waals surface area contributed by atoms with Gasteiger partial charge in [0.05, 0.1) is 17.2 Å². The lowest BCUT2D eigenvalue weighted by atomic mass is 9.97. The van der Waals surface area contributed by atoms with Gasteiger partial charge in [-0.25, -0.2) is 14.4 Å². The average molecular weight is 358 g/mol. The number of halogens is 2. The van der Waals surface area contributed by atoms with Crippen molar-refractivity contribution in [3.8, 4) is 11.4 Å². The van der Waals surface area contributed by atoms with E-state index in [0.717, 1.165) is 12.8 Å². The molecule has 1 aliphatic rings. The van der Waals surface area contributed by atoms with Crippen molar-refractivity contribution >= 4 is 5.91 Å². The monoisotopic (exact) mass is 358 g/mol. The lowest BCUT2D eigenvalue weighted by Gasteiger charge is -2.31. The fraction of sp³-hybridized carbons (Fsp3) is 0.278. The van der Waals surface area contributed by atoms with E-state index in [9.17, 15) is 13.6 Å². The number of carbonyl (C=O) groups excluding carboxylic acids is 1. The summed E-state index contributed by atoms with van der Waals surface area (Å²) in [5, 5.41) is 0. The Morgan fingerprint density at radius 2 is 2.23 bits per heavy atom. The molecule has 134 valence electrons. The second kappa shape index (κ2) is 6.70.